The number of aromatic nitrogens is 3. The first kappa shape index (κ1) is 15.3. The first-order chi connectivity index (χ1) is 12.1. The van der Waals surface area contributed by atoms with Crippen LogP contribution in [0, 0.1) is 5.82 Å². The van der Waals surface area contributed by atoms with E-state index in [-0.39, 0.29) is 5.82 Å². The van der Waals surface area contributed by atoms with Crippen LogP contribution in [0.25, 0.3) is 28.0 Å². The molecule has 2 aromatic carbocycles. The van der Waals surface area contributed by atoms with Crippen molar-refractivity contribution >= 4 is 11.3 Å². The molecule has 0 aliphatic heterocycles. The molecule has 4 rings (SSSR count). The summed E-state index contributed by atoms with van der Waals surface area (Å²) in [5.74, 6) is -0.243. The van der Waals surface area contributed by atoms with E-state index in [0.717, 1.165) is 28.2 Å². The number of anilines is 1. The molecular weight excluding hydrogens is 315 g/mol. The standard InChI is InChI=1S/C20H17FN4/c1-24(2)16-6-3-14(4-7-16)17-13-15(5-8-18(17)21)19-9-11-22-20-10-12-23-25(19)20/h3-13H,1-2H3. The third-order valence-electron chi connectivity index (χ3n) is 4.25. The third-order valence-corrected chi connectivity index (χ3v) is 4.25. The van der Waals surface area contributed by atoms with Gasteiger partial charge in [-0.3, -0.25) is 0 Å². The molecule has 0 unspecified atom stereocenters. The fourth-order valence-electron chi connectivity index (χ4n) is 2.90. The molecule has 124 valence electrons. The van der Waals surface area contributed by atoms with Gasteiger partial charge >= 0.3 is 0 Å². The summed E-state index contributed by atoms with van der Waals surface area (Å²) < 4.78 is 16.2. The van der Waals surface area contributed by atoms with Gasteiger partial charge in [0.1, 0.15) is 5.82 Å². The van der Waals surface area contributed by atoms with Crippen molar-refractivity contribution in [2.75, 3.05) is 19.0 Å². The molecule has 2 aromatic heterocycles. The van der Waals surface area contributed by atoms with Crippen LogP contribution in [0.3, 0.4) is 0 Å². The molecular formula is C20H17FN4. The Labute approximate surface area is 145 Å². The number of nitrogens with zero attached hydrogens (tertiary/aromatic N) is 4. The van der Waals surface area contributed by atoms with Crippen LogP contribution in [0.4, 0.5) is 10.1 Å². The molecule has 5 heteroatoms. The zero-order valence-corrected chi connectivity index (χ0v) is 14.0. The highest BCUT2D eigenvalue weighted by atomic mass is 19.1. The van der Waals surface area contributed by atoms with Gasteiger partial charge in [0.05, 0.1) is 11.9 Å². The SMILES string of the molecule is CN(C)c1ccc(-c2cc(-c3ccnc4ccnn34)ccc2F)cc1. The number of halogens is 1. The lowest BCUT2D eigenvalue weighted by Gasteiger charge is -2.13. The normalized spacial score (nSPS) is 11.0. The van der Waals surface area contributed by atoms with Crippen molar-refractivity contribution in [2.24, 2.45) is 0 Å². The van der Waals surface area contributed by atoms with Crippen LogP contribution in [-0.2, 0) is 0 Å². The molecule has 0 fully saturated rings. The summed E-state index contributed by atoms with van der Waals surface area (Å²) in [4.78, 5) is 6.29. The zero-order valence-electron chi connectivity index (χ0n) is 14.0. The fourth-order valence-corrected chi connectivity index (χ4v) is 2.90. The number of benzene rings is 2. The summed E-state index contributed by atoms with van der Waals surface area (Å²) >= 11 is 0. The minimum absolute atomic E-state index is 0.243. The van der Waals surface area contributed by atoms with Crippen molar-refractivity contribution in [3.8, 4) is 22.4 Å². The van der Waals surface area contributed by atoms with Crippen LogP contribution in [0.1, 0.15) is 0 Å². The molecule has 0 atom stereocenters. The lowest BCUT2D eigenvalue weighted by atomic mass is 10.0. The van der Waals surface area contributed by atoms with Crippen molar-refractivity contribution < 1.29 is 4.39 Å². The van der Waals surface area contributed by atoms with Gasteiger partial charge < -0.3 is 4.90 Å². The Hall–Kier alpha value is -3.21. The lowest BCUT2D eigenvalue weighted by Crippen LogP contribution is -2.07. The highest BCUT2D eigenvalue weighted by Crippen LogP contribution is 2.30. The smallest absolute Gasteiger partial charge is 0.155 e. The van der Waals surface area contributed by atoms with E-state index in [0.29, 0.717) is 5.56 Å². The van der Waals surface area contributed by atoms with Crippen LogP contribution in [0.5, 0.6) is 0 Å². The maximum atomic E-state index is 14.4. The molecule has 0 aliphatic rings. The van der Waals surface area contributed by atoms with Crippen LogP contribution < -0.4 is 4.90 Å². The Kier molecular flexibility index (Phi) is 3.69. The Morgan fingerprint density at radius 3 is 2.40 bits per heavy atom. The summed E-state index contributed by atoms with van der Waals surface area (Å²) in [6.07, 6.45) is 3.44. The quantitative estimate of drug-likeness (QED) is 0.562. The number of hydrogen-bond acceptors (Lipinski definition) is 3. The molecule has 0 N–H and O–H groups in total. The van der Waals surface area contributed by atoms with E-state index in [1.807, 2.05) is 61.5 Å². The number of hydrogen-bond donors (Lipinski definition) is 0. The van der Waals surface area contributed by atoms with Gasteiger partial charge in [0, 0.05) is 43.2 Å². The maximum absolute atomic E-state index is 14.4. The van der Waals surface area contributed by atoms with Crippen LogP contribution in [0.2, 0.25) is 0 Å². The molecule has 0 aliphatic carbocycles. The van der Waals surface area contributed by atoms with Gasteiger partial charge in [-0.05, 0) is 42.0 Å². The molecule has 0 radical (unpaired) electrons. The Morgan fingerprint density at radius 1 is 0.880 bits per heavy atom. The Bertz CT molecular complexity index is 1040. The maximum Gasteiger partial charge on any atom is 0.155 e. The number of rotatable bonds is 3. The summed E-state index contributed by atoms with van der Waals surface area (Å²) in [7, 11) is 3.96. The first-order valence-electron chi connectivity index (χ1n) is 8.00. The first-order valence-corrected chi connectivity index (χ1v) is 8.00. The molecule has 0 saturated heterocycles. The van der Waals surface area contributed by atoms with Crippen molar-refractivity contribution in [3.63, 3.8) is 0 Å². The van der Waals surface area contributed by atoms with Gasteiger partial charge in [-0.2, -0.15) is 5.10 Å². The van der Waals surface area contributed by atoms with Crippen molar-refractivity contribution in [1.29, 1.82) is 0 Å². The summed E-state index contributed by atoms with van der Waals surface area (Å²) in [5.41, 5.74) is 5.02. The molecule has 0 bridgehead atoms. The van der Waals surface area contributed by atoms with E-state index < -0.39 is 0 Å². The van der Waals surface area contributed by atoms with E-state index in [1.165, 1.54) is 6.07 Å². The second-order valence-corrected chi connectivity index (χ2v) is 6.07. The largest absolute Gasteiger partial charge is 0.378 e. The van der Waals surface area contributed by atoms with Crippen molar-refractivity contribution in [3.05, 3.63) is 72.8 Å². The predicted octanol–water partition coefficient (Wildman–Crippen LogP) is 4.27. The second kappa shape index (κ2) is 6.02. The fraction of sp³-hybridized carbons (Fsp3) is 0.100. The monoisotopic (exact) mass is 332 g/mol. The Balaban J connectivity index is 1.82. The van der Waals surface area contributed by atoms with Crippen molar-refractivity contribution in [1.82, 2.24) is 14.6 Å². The van der Waals surface area contributed by atoms with Gasteiger partial charge in [0.25, 0.3) is 0 Å². The predicted molar refractivity (Wildman–Crippen MR) is 98.1 cm³/mol. The van der Waals surface area contributed by atoms with Gasteiger partial charge in [-0.1, -0.05) is 12.1 Å². The van der Waals surface area contributed by atoms with Gasteiger partial charge in [0.2, 0.25) is 0 Å². The van der Waals surface area contributed by atoms with Crippen LogP contribution in [0.15, 0.2) is 67.0 Å². The Morgan fingerprint density at radius 2 is 1.64 bits per heavy atom. The highest BCUT2D eigenvalue weighted by Gasteiger charge is 2.11. The summed E-state index contributed by atoms with van der Waals surface area (Å²) in [6, 6.07) is 16.7. The van der Waals surface area contributed by atoms with Gasteiger partial charge in [-0.25, -0.2) is 13.9 Å². The molecule has 0 saturated carbocycles. The lowest BCUT2D eigenvalue weighted by molar-refractivity contribution is 0.631. The van der Waals surface area contributed by atoms with E-state index in [4.69, 9.17) is 0 Å². The van der Waals surface area contributed by atoms with E-state index in [1.54, 1.807) is 23.0 Å². The van der Waals surface area contributed by atoms with Gasteiger partial charge in [-0.15, -0.1) is 0 Å². The minimum Gasteiger partial charge on any atom is -0.378 e. The molecule has 25 heavy (non-hydrogen) atoms. The molecule has 2 heterocycles. The topological polar surface area (TPSA) is 33.4 Å². The zero-order chi connectivity index (χ0) is 17.4. The number of fused-ring (bicyclic) bond motifs is 1. The average molecular weight is 332 g/mol. The molecule has 4 aromatic rings. The summed E-state index contributed by atoms with van der Waals surface area (Å²) in [6.45, 7) is 0. The second-order valence-electron chi connectivity index (χ2n) is 6.07. The van der Waals surface area contributed by atoms with Gasteiger partial charge in [0.15, 0.2) is 5.65 Å². The minimum atomic E-state index is -0.243. The average Bonchev–Trinajstić information content (AvgIpc) is 3.11. The van der Waals surface area contributed by atoms with E-state index in [2.05, 4.69) is 10.1 Å². The van der Waals surface area contributed by atoms with E-state index in [9.17, 15) is 4.39 Å². The molecule has 0 amide bonds. The highest BCUT2D eigenvalue weighted by molar-refractivity contribution is 5.73. The van der Waals surface area contributed by atoms with Crippen LogP contribution >= 0.6 is 0 Å². The van der Waals surface area contributed by atoms with E-state index >= 15 is 0 Å². The summed E-state index contributed by atoms with van der Waals surface area (Å²) in [5, 5.41) is 4.31. The third kappa shape index (κ3) is 2.74. The van der Waals surface area contributed by atoms with Crippen molar-refractivity contribution in [2.45, 2.75) is 0 Å². The molecule has 0 spiro atoms. The molecule has 4 nitrogen and oxygen atoms in total. The van der Waals surface area contributed by atoms with Crippen LogP contribution in [-0.4, -0.2) is 28.7 Å².